The Morgan fingerprint density at radius 1 is 1.30 bits per heavy atom. The second-order valence-electron chi connectivity index (χ2n) is 5.83. The van der Waals surface area contributed by atoms with Crippen LogP contribution in [0.5, 0.6) is 0 Å². The van der Waals surface area contributed by atoms with Crippen LogP contribution in [0.3, 0.4) is 0 Å². The first-order valence-electron chi connectivity index (χ1n) is 7.70. The molecule has 2 aromatic rings. The molecule has 3 rings (SSSR count). The minimum absolute atomic E-state index is 0.00576. The number of hydrogen-bond donors (Lipinski definition) is 0. The topological polar surface area (TPSA) is 48.3 Å². The van der Waals surface area contributed by atoms with Crippen LogP contribution in [0.25, 0.3) is 10.9 Å². The maximum Gasteiger partial charge on any atom is 0.343 e. The number of halogens is 2. The predicted octanol–water partition coefficient (Wildman–Crippen LogP) is 3.26. The van der Waals surface area contributed by atoms with Crippen LogP contribution in [0, 0.1) is 17.6 Å². The van der Waals surface area contributed by atoms with Gasteiger partial charge in [-0.2, -0.15) is 0 Å². The number of benzene rings is 1. The van der Waals surface area contributed by atoms with Crippen molar-refractivity contribution in [3.8, 4) is 0 Å². The Hall–Kier alpha value is -2.24. The number of rotatable bonds is 4. The number of esters is 1. The van der Waals surface area contributed by atoms with Gasteiger partial charge < -0.3 is 9.30 Å². The third kappa shape index (κ3) is 2.85. The number of nitrogens with zero attached hydrogens (tertiary/aromatic N) is 1. The summed E-state index contributed by atoms with van der Waals surface area (Å²) in [5, 5.41) is -0.00576. The zero-order valence-electron chi connectivity index (χ0n) is 12.8. The molecule has 0 unspecified atom stereocenters. The molecule has 0 N–H and O–H groups in total. The second-order valence-corrected chi connectivity index (χ2v) is 5.83. The Bertz CT molecular complexity index is 825. The van der Waals surface area contributed by atoms with Crippen molar-refractivity contribution >= 4 is 16.9 Å². The second kappa shape index (κ2) is 6.10. The molecule has 1 aliphatic rings. The molecule has 122 valence electrons. The van der Waals surface area contributed by atoms with Crippen molar-refractivity contribution in [3.63, 3.8) is 0 Å². The summed E-state index contributed by atoms with van der Waals surface area (Å²) in [6.07, 6.45) is 4.63. The molecule has 1 aliphatic carbocycles. The van der Waals surface area contributed by atoms with Crippen LogP contribution < -0.4 is 5.43 Å². The molecule has 1 heterocycles. The molecule has 0 saturated heterocycles. The van der Waals surface area contributed by atoms with Gasteiger partial charge in [-0.25, -0.2) is 13.6 Å². The molecule has 0 radical (unpaired) electrons. The average Bonchev–Trinajstić information content (AvgIpc) is 2.47. The number of aromatic nitrogens is 1. The highest BCUT2D eigenvalue weighted by molar-refractivity contribution is 5.93. The van der Waals surface area contributed by atoms with E-state index in [4.69, 9.17) is 4.74 Å². The van der Waals surface area contributed by atoms with Crippen LogP contribution in [0.15, 0.2) is 23.1 Å². The van der Waals surface area contributed by atoms with Crippen molar-refractivity contribution in [1.82, 2.24) is 4.57 Å². The van der Waals surface area contributed by atoms with Crippen molar-refractivity contribution in [2.45, 2.75) is 32.7 Å². The molecule has 0 bridgehead atoms. The number of carbonyl (C=O) groups is 1. The first-order chi connectivity index (χ1) is 11.0. The summed E-state index contributed by atoms with van der Waals surface area (Å²) in [5.41, 5.74) is -0.485. The number of ether oxygens (including phenoxy) is 1. The maximum atomic E-state index is 13.6. The lowest BCUT2D eigenvalue weighted by molar-refractivity contribution is 0.0524. The standard InChI is InChI=1S/C17H17F2NO3/c1-2-23-17(22)12-9-20(8-10-4-3-5-10)15-7-14(19)13(18)6-11(15)16(12)21/h6-7,9-10H,2-5,8H2,1H3. The van der Waals surface area contributed by atoms with Crippen LogP contribution in [0.1, 0.15) is 36.5 Å². The van der Waals surface area contributed by atoms with Crippen LogP contribution in [-0.2, 0) is 11.3 Å². The van der Waals surface area contributed by atoms with Gasteiger partial charge in [0.2, 0.25) is 5.43 Å². The van der Waals surface area contributed by atoms with E-state index in [1.165, 1.54) is 6.20 Å². The SMILES string of the molecule is CCOC(=O)c1cn(CC2CCC2)c2cc(F)c(F)cc2c1=O. The van der Waals surface area contributed by atoms with E-state index in [2.05, 4.69) is 0 Å². The summed E-state index contributed by atoms with van der Waals surface area (Å²) in [4.78, 5) is 24.4. The zero-order valence-corrected chi connectivity index (χ0v) is 12.8. The van der Waals surface area contributed by atoms with Crippen molar-refractivity contribution < 1.29 is 18.3 Å². The fourth-order valence-electron chi connectivity index (χ4n) is 2.84. The third-order valence-electron chi connectivity index (χ3n) is 4.30. The van der Waals surface area contributed by atoms with Crippen LogP contribution in [-0.4, -0.2) is 17.1 Å². The fourth-order valence-corrected chi connectivity index (χ4v) is 2.84. The minimum Gasteiger partial charge on any atom is -0.462 e. The van der Waals surface area contributed by atoms with E-state index in [9.17, 15) is 18.4 Å². The quantitative estimate of drug-likeness (QED) is 0.812. The van der Waals surface area contributed by atoms with Gasteiger partial charge in [-0.1, -0.05) is 6.42 Å². The molecule has 0 spiro atoms. The molecular formula is C17H17F2NO3. The molecular weight excluding hydrogens is 304 g/mol. The van der Waals surface area contributed by atoms with Crippen LogP contribution in [0.2, 0.25) is 0 Å². The molecule has 0 aliphatic heterocycles. The normalized spacial score (nSPS) is 14.7. The fraction of sp³-hybridized carbons (Fsp3) is 0.412. The Balaban J connectivity index is 2.20. The monoisotopic (exact) mass is 321 g/mol. The summed E-state index contributed by atoms with van der Waals surface area (Å²) >= 11 is 0. The highest BCUT2D eigenvalue weighted by Crippen LogP contribution is 2.29. The minimum atomic E-state index is -1.11. The molecule has 1 fully saturated rings. The molecule has 1 saturated carbocycles. The number of fused-ring (bicyclic) bond motifs is 1. The number of carbonyl (C=O) groups excluding carboxylic acids is 1. The third-order valence-corrected chi connectivity index (χ3v) is 4.30. The maximum absolute atomic E-state index is 13.6. The van der Waals surface area contributed by atoms with E-state index < -0.39 is 23.0 Å². The van der Waals surface area contributed by atoms with E-state index in [-0.39, 0.29) is 17.6 Å². The highest BCUT2D eigenvalue weighted by Gasteiger charge is 2.22. The molecule has 0 amide bonds. The van der Waals surface area contributed by atoms with E-state index in [0.717, 1.165) is 31.4 Å². The molecule has 1 aromatic carbocycles. The summed E-state index contributed by atoms with van der Waals surface area (Å²) in [7, 11) is 0. The summed E-state index contributed by atoms with van der Waals surface area (Å²) in [6.45, 7) is 2.34. The number of pyridine rings is 1. The molecule has 23 heavy (non-hydrogen) atoms. The molecule has 4 nitrogen and oxygen atoms in total. The smallest absolute Gasteiger partial charge is 0.343 e. The highest BCUT2D eigenvalue weighted by atomic mass is 19.2. The Morgan fingerprint density at radius 3 is 2.61 bits per heavy atom. The van der Waals surface area contributed by atoms with Crippen molar-refractivity contribution in [3.05, 3.63) is 45.8 Å². The summed E-state index contributed by atoms with van der Waals surface area (Å²) in [5.74, 6) is -2.44. The van der Waals surface area contributed by atoms with Gasteiger partial charge in [-0.15, -0.1) is 0 Å². The number of hydrogen-bond acceptors (Lipinski definition) is 3. The lowest BCUT2D eigenvalue weighted by Gasteiger charge is -2.27. The Kier molecular flexibility index (Phi) is 4.15. The van der Waals surface area contributed by atoms with Gasteiger partial charge in [-0.05, 0) is 31.7 Å². The van der Waals surface area contributed by atoms with E-state index in [1.54, 1.807) is 11.5 Å². The molecule has 6 heteroatoms. The Morgan fingerprint density at radius 2 is 2.00 bits per heavy atom. The van der Waals surface area contributed by atoms with Crippen molar-refractivity contribution in [2.24, 2.45) is 5.92 Å². The van der Waals surface area contributed by atoms with E-state index >= 15 is 0 Å². The molecule has 1 aromatic heterocycles. The summed E-state index contributed by atoms with van der Waals surface area (Å²) < 4.78 is 33.7. The predicted molar refractivity (Wildman–Crippen MR) is 81.4 cm³/mol. The van der Waals surface area contributed by atoms with Gasteiger partial charge in [0.1, 0.15) is 5.56 Å². The van der Waals surface area contributed by atoms with Crippen LogP contribution >= 0.6 is 0 Å². The first-order valence-corrected chi connectivity index (χ1v) is 7.70. The largest absolute Gasteiger partial charge is 0.462 e. The van der Waals surface area contributed by atoms with E-state index in [0.29, 0.717) is 18.0 Å². The van der Waals surface area contributed by atoms with Crippen molar-refractivity contribution in [1.29, 1.82) is 0 Å². The van der Waals surface area contributed by atoms with Gasteiger partial charge in [0.05, 0.1) is 12.1 Å². The average molecular weight is 321 g/mol. The zero-order chi connectivity index (χ0) is 16.6. The van der Waals surface area contributed by atoms with Gasteiger partial charge in [0.25, 0.3) is 0 Å². The van der Waals surface area contributed by atoms with Crippen molar-refractivity contribution in [2.75, 3.05) is 6.61 Å². The first kappa shape index (κ1) is 15.6. The van der Waals surface area contributed by atoms with Gasteiger partial charge in [0, 0.05) is 24.2 Å². The van der Waals surface area contributed by atoms with Gasteiger partial charge in [0.15, 0.2) is 11.6 Å². The van der Waals surface area contributed by atoms with Gasteiger partial charge >= 0.3 is 5.97 Å². The summed E-state index contributed by atoms with van der Waals surface area (Å²) in [6, 6.07) is 1.87. The van der Waals surface area contributed by atoms with Gasteiger partial charge in [-0.3, -0.25) is 4.79 Å². The Labute approximate surface area is 131 Å². The lowest BCUT2D eigenvalue weighted by Crippen LogP contribution is -2.24. The molecule has 0 atom stereocenters. The van der Waals surface area contributed by atoms with Crippen LogP contribution in [0.4, 0.5) is 8.78 Å². The lowest BCUT2D eigenvalue weighted by atomic mass is 9.85. The van der Waals surface area contributed by atoms with E-state index in [1.807, 2.05) is 0 Å².